The Kier molecular flexibility index (Phi) is 5.92. The minimum atomic E-state index is -0.616. The summed E-state index contributed by atoms with van der Waals surface area (Å²) >= 11 is 1.21. The number of rotatable bonds is 5. The molecule has 2 heterocycles. The summed E-state index contributed by atoms with van der Waals surface area (Å²) in [7, 11) is 0. The van der Waals surface area contributed by atoms with Crippen LogP contribution in [-0.4, -0.2) is 18.5 Å². The maximum Gasteiger partial charge on any atom is 0.341 e. The summed E-state index contributed by atoms with van der Waals surface area (Å²) in [5, 5.41) is 5.26. The van der Waals surface area contributed by atoms with Gasteiger partial charge in [-0.05, 0) is 38.0 Å². The van der Waals surface area contributed by atoms with Crippen LogP contribution in [0.4, 0.5) is 5.00 Å². The number of carbonyl (C=O) groups excluding carboxylic acids is 2. The molecule has 6 nitrogen and oxygen atoms in total. The van der Waals surface area contributed by atoms with Gasteiger partial charge in [0.1, 0.15) is 16.1 Å². The van der Waals surface area contributed by atoms with E-state index in [1.54, 1.807) is 37.4 Å². The molecular weight excluding hydrogens is 426 g/mol. The van der Waals surface area contributed by atoms with Crippen LogP contribution >= 0.6 is 11.3 Å². The quantitative estimate of drug-likeness (QED) is 0.405. The molecule has 0 spiro atoms. The number of para-hydroxylation sites is 1. The molecule has 2 aromatic heterocycles. The molecule has 7 heteroatoms. The zero-order chi connectivity index (χ0) is 22.8. The number of thiophene rings is 1. The van der Waals surface area contributed by atoms with Crippen LogP contribution in [0, 0.1) is 13.8 Å². The lowest BCUT2D eigenvalue weighted by Crippen LogP contribution is -2.17. The summed E-state index contributed by atoms with van der Waals surface area (Å²) in [4.78, 5) is 38.2. The van der Waals surface area contributed by atoms with Crippen LogP contribution in [0.2, 0.25) is 0 Å². The van der Waals surface area contributed by atoms with Gasteiger partial charge < -0.3 is 14.5 Å². The van der Waals surface area contributed by atoms with E-state index in [1.165, 1.54) is 11.3 Å². The van der Waals surface area contributed by atoms with E-state index in [2.05, 4.69) is 5.32 Å². The number of ether oxygens (including phenoxy) is 1. The van der Waals surface area contributed by atoms with Gasteiger partial charge in [-0.15, -0.1) is 11.3 Å². The second-order valence-electron chi connectivity index (χ2n) is 7.32. The first kappa shape index (κ1) is 21.5. The van der Waals surface area contributed by atoms with Gasteiger partial charge in [-0.2, -0.15) is 0 Å². The molecule has 162 valence electrons. The van der Waals surface area contributed by atoms with Crippen molar-refractivity contribution in [2.24, 2.45) is 0 Å². The van der Waals surface area contributed by atoms with Crippen molar-refractivity contribution >= 4 is 39.2 Å². The van der Waals surface area contributed by atoms with Gasteiger partial charge in [0, 0.05) is 17.0 Å². The fourth-order valence-electron chi connectivity index (χ4n) is 3.40. The normalized spacial score (nSPS) is 10.8. The number of aryl methyl sites for hydroxylation is 2. The zero-order valence-corrected chi connectivity index (χ0v) is 18.7. The number of nitrogens with one attached hydrogen (secondary N) is 1. The molecule has 2 aromatic carbocycles. The molecule has 0 aliphatic carbocycles. The van der Waals surface area contributed by atoms with E-state index in [-0.39, 0.29) is 23.4 Å². The molecule has 0 radical (unpaired) electrons. The van der Waals surface area contributed by atoms with Crippen molar-refractivity contribution in [1.29, 1.82) is 0 Å². The standard InChI is InChI=1S/C25H21NO5S/c1-4-30-25(29)21-18(16-10-8-14(2)9-11-16)13-32-24(21)26-23(28)20-12-19(27)17-7-5-6-15(3)22(17)31-20/h5-13H,4H2,1-3H3,(H,26,28). The van der Waals surface area contributed by atoms with Gasteiger partial charge in [-0.25, -0.2) is 4.79 Å². The van der Waals surface area contributed by atoms with E-state index in [0.717, 1.165) is 22.8 Å². The molecule has 0 fully saturated rings. The highest BCUT2D eigenvalue weighted by molar-refractivity contribution is 7.15. The van der Waals surface area contributed by atoms with Crippen LogP contribution in [0.1, 0.15) is 39.0 Å². The Morgan fingerprint density at radius 1 is 1.09 bits per heavy atom. The largest absolute Gasteiger partial charge is 0.462 e. The molecule has 0 atom stereocenters. The van der Waals surface area contributed by atoms with Crippen LogP contribution in [0.3, 0.4) is 0 Å². The molecule has 32 heavy (non-hydrogen) atoms. The van der Waals surface area contributed by atoms with Gasteiger partial charge in [0.25, 0.3) is 5.91 Å². The number of hydrogen-bond donors (Lipinski definition) is 1. The van der Waals surface area contributed by atoms with Crippen LogP contribution in [-0.2, 0) is 4.74 Å². The van der Waals surface area contributed by atoms with E-state index in [0.29, 0.717) is 21.5 Å². The van der Waals surface area contributed by atoms with E-state index < -0.39 is 11.9 Å². The third kappa shape index (κ3) is 4.07. The molecule has 4 aromatic rings. The molecule has 0 saturated carbocycles. The Morgan fingerprint density at radius 3 is 2.56 bits per heavy atom. The summed E-state index contributed by atoms with van der Waals surface area (Å²) < 4.78 is 11.0. The van der Waals surface area contributed by atoms with Crippen LogP contribution < -0.4 is 10.7 Å². The number of carbonyl (C=O) groups is 2. The lowest BCUT2D eigenvalue weighted by atomic mass is 10.0. The molecule has 0 aliphatic heterocycles. The average Bonchev–Trinajstić information content (AvgIpc) is 3.18. The lowest BCUT2D eigenvalue weighted by Gasteiger charge is -2.09. The maximum atomic E-state index is 13.0. The number of anilines is 1. The summed E-state index contributed by atoms with van der Waals surface area (Å²) in [6.07, 6.45) is 0. The highest BCUT2D eigenvalue weighted by Crippen LogP contribution is 2.36. The third-order valence-corrected chi connectivity index (χ3v) is 5.93. The van der Waals surface area contributed by atoms with E-state index >= 15 is 0 Å². The van der Waals surface area contributed by atoms with E-state index in [1.807, 2.05) is 31.2 Å². The minimum Gasteiger partial charge on any atom is -0.462 e. The fraction of sp³-hybridized carbons (Fsp3) is 0.160. The third-order valence-electron chi connectivity index (χ3n) is 5.04. The SMILES string of the molecule is CCOC(=O)c1c(-c2ccc(C)cc2)csc1NC(=O)c1cc(=O)c2cccc(C)c2o1. The smallest absolute Gasteiger partial charge is 0.341 e. The Morgan fingerprint density at radius 2 is 1.84 bits per heavy atom. The predicted molar refractivity (Wildman–Crippen MR) is 126 cm³/mol. The topological polar surface area (TPSA) is 85.6 Å². The number of esters is 1. The Balaban J connectivity index is 1.74. The van der Waals surface area contributed by atoms with Gasteiger partial charge in [0.2, 0.25) is 0 Å². The van der Waals surface area contributed by atoms with Gasteiger partial charge >= 0.3 is 5.97 Å². The second kappa shape index (κ2) is 8.80. The average molecular weight is 448 g/mol. The fourth-order valence-corrected chi connectivity index (χ4v) is 4.35. The second-order valence-corrected chi connectivity index (χ2v) is 8.20. The van der Waals surface area contributed by atoms with E-state index in [9.17, 15) is 14.4 Å². The number of hydrogen-bond acceptors (Lipinski definition) is 6. The molecule has 1 amide bonds. The Bertz CT molecular complexity index is 1380. The number of fused-ring (bicyclic) bond motifs is 1. The van der Waals surface area contributed by atoms with Crippen molar-refractivity contribution in [1.82, 2.24) is 0 Å². The number of benzene rings is 2. The van der Waals surface area contributed by atoms with Crippen molar-refractivity contribution < 1.29 is 18.7 Å². The van der Waals surface area contributed by atoms with Crippen LogP contribution in [0.5, 0.6) is 0 Å². The molecule has 0 aliphatic rings. The van der Waals surface area contributed by atoms with Crippen molar-refractivity contribution in [3.05, 3.63) is 86.6 Å². The maximum absolute atomic E-state index is 13.0. The molecule has 0 unspecified atom stereocenters. The molecule has 1 N–H and O–H groups in total. The summed E-state index contributed by atoms with van der Waals surface area (Å²) in [5.41, 5.74) is 3.67. The summed E-state index contributed by atoms with van der Waals surface area (Å²) in [6, 6.07) is 14.1. The van der Waals surface area contributed by atoms with Gasteiger partial charge in [-0.3, -0.25) is 9.59 Å². The van der Waals surface area contributed by atoms with Crippen molar-refractivity contribution in [2.75, 3.05) is 11.9 Å². The highest BCUT2D eigenvalue weighted by Gasteiger charge is 2.24. The van der Waals surface area contributed by atoms with Crippen LogP contribution in [0.25, 0.3) is 22.1 Å². The van der Waals surface area contributed by atoms with Crippen molar-refractivity contribution in [2.45, 2.75) is 20.8 Å². The summed E-state index contributed by atoms with van der Waals surface area (Å²) in [5.74, 6) is -1.28. The molecule has 4 rings (SSSR count). The molecule has 0 saturated heterocycles. The number of amides is 1. The van der Waals surface area contributed by atoms with Crippen molar-refractivity contribution in [3.8, 4) is 11.1 Å². The minimum absolute atomic E-state index is 0.128. The first-order chi connectivity index (χ1) is 15.4. The first-order valence-corrected chi connectivity index (χ1v) is 11.0. The van der Waals surface area contributed by atoms with E-state index in [4.69, 9.17) is 9.15 Å². The van der Waals surface area contributed by atoms with Crippen LogP contribution in [0.15, 0.2) is 63.1 Å². The van der Waals surface area contributed by atoms with Gasteiger partial charge in [0.05, 0.1) is 12.0 Å². The summed E-state index contributed by atoms with van der Waals surface area (Å²) in [6.45, 7) is 5.71. The highest BCUT2D eigenvalue weighted by atomic mass is 32.1. The molecule has 0 bridgehead atoms. The molecular formula is C25H21NO5S. The Hall–Kier alpha value is -3.71. The monoisotopic (exact) mass is 447 g/mol. The lowest BCUT2D eigenvalue weighted by molar-refractivity contribution is 0.0529. The Labute approximate surface area is 188 Å². The van der Waals surface area contributed by atoms with Crippen molar-refractivity contribution in [3.63, 3.8) is 0 Å². The zero-order valence-electron chi connectivity index (χ0n) is 17.9. The predicted octanol–water partition coefficient (Wildman–Crippen LogP) is 5.57. The first-order valence-electron chi connectivity index (χ1n) is 10.1. The van der Waals surface area contributed by atoms with Gasteiger partial charge in [-0.1, -0.05) is 42.0 Å². The van der Waals surface area contributed by atoms with Gasteiger partial charge in [0.15, 0.2) is 11.2 Å².